The molecule has 0 radical (unpaired) electrons. The van der Waals surface area contributed by atoms with Gasteiger partial charge in [-0.15, -0.1) is 0 Å². The van der Waals surface area contributed by atoms with E-state index in [0.29, 0.717) is 18.7 Å². The summed E-state index contributed by atoms with van der Waals surface area (Å²) in [5.74, 6) is 0. The number of ether oxygens (including phenoxy) is 2. The fourth-order valence-corrected chi connectivity index (χ4v) is 3.53. The van der Waals surface area contributed by atoms with E-state index in [1.165, 1.54) is 6.92 Å². The standard InChI is InChI=1S/C20H18ClF6NO2/c1-11(30-18-17(28-7-8-29-18)12-5-3-2-4-6-12)13-9-14(19(22,23)24)16(21)15(10-13)20(25,26)27/h2-6,9-11,17-18,28H,7-8H2,1H3/t11-,17?,18?/m1/s1. The molecule has 0 saturated carbocycles. The van der Waals surface area contributed by atoms with E-state index in [4.69, 9.17) is 21.1 Å². The lowest BCUT2D eigenvalue weighted by Crippen LogP contribution is -2.43. The molecule has 2 unspecified atom stereocenters. The lowest BCUT2D eigenvalue weighted by Gasteiger charge is -2.35. The molecule has 3 atom stereocenters. The lowest BCUT2D eigenvalue weighted by atomic mass is 10.0. The number of halogens is 7. The third-order valence-corrected chi connectivity index (χ3v) is 5.10. The molecule has 3 rings (SSSR count). The molecular weight excluding hydrogens is 436 g/mol. The van der Waals surface area contributed by atoms with Gasteiger partial charge in [0.15, 0.2) is 6.29 Å². The predicted octanol–water partition coefficient (Wildman–Crippen LogP) is 6.14. The Hall–Kier alpha value is -1.81. The van der Waals surface area contributed by atoms with Gasteiger partial charge in [-0.3, -0.25) is 0 Å². The van der Waals surface area contributed by atoms with E-state index in [1.54, 1.807) is 12.1 Å². The average Bonchev–Trinajstić information content (AvgIpc) is 2.67. The zero-order chi connectivity index (χ0) is 22.1. The van der Waals surface area contributed by atoms with Crippen LogP contribution in [0.2, 0.25) is 5.02 Å². The maximum atomic E-state index is 13.3. The van der Waals surface area contributed by atoms with Crippen LogP contribution < -0.4 is 5.32 Å². The molecule has 2 aromatic carbocycles. The minimum absolute atomic E-state index is 0.281. The first-order chi connectivity index (χ1) is 14.0. The van der Waals surface area contributed by atoms with Gasteiger partial charge in [0.1, 0.15) is 0 Å². The molecule has 1 heterocycles. The number of morpholine rings is 1. The second-order valence-corrected chi connectivity index (χ2v) is 7.16. The summed E-state index contributed by atoms with van der Waals surface area (Å²) in [6, 6.07) is 9.78. The number of hydrogen-bond donors (Lipinski definition) is 1. The van der Waals surface area contributed by atoms with Crippen LogP contribution in [0.5, 0.6) is 0 Å². The molecule has 1 fully saturated rings. The Labute approximate surface area is 173 Å². The highest BCUT2D eigenvalue weighted by atomic mass is 35.5. The molecule has 164 valence electrons. The van der Waals surface area contributed by atoms with Crippen LogP contribution in [0.4, 0.5) is 26.3 Å². The van der Waals surface area contributed by atoms with Crippen LogP contribution in [-0.4, -0.2) is 19.4 Å². The van der Waals surface area contributed by atoms with Crippen molar-refractivity contribution in [1.29, 1.82) is 0 Å². The predicted molar refractivity (Wildman–Crippen MR) is 97.9 cm³/mol. The van der Waals surface area contributed by atoms with Crippen LogP contribution in [0.15, 0.2) is 42.5 Å². The summed E-state index contributed by atoms with van der Waals surface area (Å²) in [4.78, 5) is 0. The number of rotatable bonds is 4. The molecule has 1 saturated heterocycles. The fraction of sp³-hybridized carbons (Fsp3) is 0.400. The van der Waals surface area contributed by atoms with Crippen molar-refractivity contribution in [2.75, 3.05) is 13.2 Å². The topological polar surface area (TPSA) is 30.5 Å². The van der Waals surface area contributed by atoms with E-state index in [0.717, 1.165) is 5.56 Å². The van der Waals surface area contributed by atoms with Crippen LogP contribution in [0, 0.1) is 0 Å². The molecule has 30 heavy (non-hydrogen) atoms. The first-order valence-corrected chi connectivity index (χ1v) is 9.39. The van der Waals surface area contributed by atoms with Gasteiger partial charge < -0.3 is 14.8 Å². The minimum Gasteiger partial charge on any atom is -0.349 e. The van der Waals surface area contributed by atoms with Gasteiger partial charge >= 0.3 is 12.4 Å². The van der Waals surface area contributed by atoms with E-state index in [9.17, 15) is 26.3 Å². The molecular formula is C20H18ClF6NO2. The molecule has 1 N–H and O–H groups in total. The van der Waals surface area contributed by atoms with E-state index >= 15 is 0 Å². The van der Waals surface area contributed by atoms with Gasteiger partial charge in [-0.25, -0.2) is 0 Å². The summed E-state index contributed by atoms with van der Waals surface area (Å²) in [5, 5.41) is 1.81. The van der Waals surface area contributed by atoms with Crippen LogP contribution >= 0.6 is 11.6 Å². The number of nitrogens with one attached hydrogen (secondary N) is 1. The second-order valence-electron chi connectivity index (χ2n) is 6.79. The first kappa shape index (κ1) is 22.9. The molecule has 0 spiro atoms. The molecule has 2 aromatic rings. The monoisotopic (exact) mass is 453 g/mol. The van der Waals surface area contributed by atoms with Crippen molar-refractivity contribution < 1.29 is 35.8 Å². The lowest BCUT2D eigenvalue weighted by molar-refractivity contribution is -0.200. The van der Waals surface area contributed by atoms with Gasteiger partial charge in [-0.2, -0.15) is 26.3 Å². The zero-order valence-corrected chi connectivity index (χ0v) is 16.4. The highest BCUT2D eigenvalue weighted by Crippen LogP contribution is 2.44. The summed E-state index contributed by atoms with van der Waals surface area (Å²) in [6.45, 7) is 2.16. The summed E-state index contributed by atoms with van der Waals surface area (Å²) in [5.41, 5.74) is -2.61. The molecule has 0 bridgehead atoms. The van der Waals surface area contributed by atoms with Crippen LogP contribution in [-0.2, 0) is 21.8 Å². The molecule has 1 aliphatic heterocycles. The van der Waals surface area contributed by atoms with Crippen molar-refractivity contribution >= 4 is 11.6 Å². The smallest absolute Gasteiger partial charge is 0.349 e. The van der Waals surface area contributed by atoms with E-state index in [1.807, 2.05) is 18.2 Å². The van der Waals surface area contributed by atoms with Crippen molar-refractivity contribution in [3.8, 4) is 0 Å². The van der Waals surface area contributed by atoms with Crippen molar-refractivity contribution in [2.45, 2.75) is 37.7 Å². The molecule has 3 nitrogen and oxygen atoms in total. The van der Waals surface area contributed by atoms with Gasteiger partial charge in [0.25, 0.3) is 0 Å². The second kappa shape index (κ2) is 8.74. The number of hydrogen-bond acceptors (Lipinski definition) is 3. The average molecular weight is 454 g/mol. The van der Waals surface area contributed by atoms with Gasteiger partial charge in [-0.05, 0) is 30.2 Å². The Morgan fingerprint density at radius 1 is 1.03 bits per heavy atom. The van der Waals surface area contributed by atoms with Gasteiger partial charge in [0, 0.05) is 6.54 Å². The first-order valence-electron chi connectivity index (χ1n) is 9.01. The van der Waals surface area contributed by atoms with Crippen LogP contribution in [0.1, 0.15) is 41.3 Å². The summed E-state index contributed by atoms with van der Waals surface area (Å²) in [6.07, 6.45) is -12.1. The van der Waals surface area contributed by atoms with Crippen molar-refractivity contribution in [3.05, 3.63) is 69.7 Å². The molecule has 0 amide bonds. The van der Waals surface area contributed by atoms with Crippen molar-refractivity contribution in [3.63, 3.8) is 0 Å². The molecule has 1 aliphatic rings. The van der Waals surface area contributed by atoms with E-state index in [2.05, 4.69) is 5.32 Å². The molecule has 0 aliphatic carbocycles. The highest BCUT2D eigenvalue weighted by molar-refractivity contribution is 6.32. The van der Waals surface area contributed by atoms with Crippen molar-refractivity contribution in [1.82, 2.24) is 5.32 Å². The summed E-state index contributed by atoms with van der Waals surface area (Å²) >= 11 is 5.43. The van der Waals surface area contributed by atoms with Crippen molar-refractivity contribution in [2.24, 2.45) is 0 Å². The number of benzene rings is 2. The Bertz CT molecular complexity index is 837. The largest absolute Gasteiger partial charge is 0.417 e. The van der Waals surface area contributed by atoms with Gasteiger partial charge in [0.05, 0.1) is 34.9 Å². The summed E-state index contributed by atoms with van der Waals surface area (Å²) < 4.78 is 91.0. The maximum Gasteiger partial charge on any atom is 0.417 e. The van der Waals surface area contributed by atoms with E-state index in [-0.39, 0.29) is 12.2 Å². The maximum absolute atomic E-state index is 13.3. The molecule has 0 aromatic heterocycles. The van der Waals surface area contributed by atoms with Crippen LogP contribution in [0.3, 0.4) is 0 Å². The van der Waals surface area contributed by atoms with Crippen LogP contribution in [0.25, 0.3) is 0 Å². The minimum atomic E-state index is -5.05. The summed E-state index contributed by atoms with van der Waals surface area (Å²) in [7, 11) is 0. The third kappa shape index (κ3) is 5.08. The highest BCUT2D eigenvalue weighted by Gasteiger charge is 2.41. The Morgan fingerprint density at radius 2 is 1.60 bits per heavy atom. The Balaban J connectivity index is 1.93. The SMILES string of the molecule is C[C@@H](OC1OCCNC1c1ccccc1)c1cc(C(F)(F)F)c(Cl)c(C(F)(F)F)c1. The zero-order valence-electron chi connectivity index (χ0n) is 15.6. The fourth-order valence-electron chi connectivity index (χ4n) is 3.21. The normalized spacial score (nSPS) is 21.5. The number of alkyl halides is 6. The van der Waals surface area contributed by atoms with Gasteiger partial charge in [-0.1, -0.05) is 41.9 Å². The Kier molecular flexibility index (Phi) is 6.66. The quantitative estimate of drug-likeness (QED) is 0.564. The third-order valence-electron chi connectivity index (χ3n) is 4.69. The Morgan fingerprint density at radius 3 is 2.13 bits per heavy atom. The van der Waals surface area contributed by atoms with E-state index < -0.39 is 46.9 Å². The van der Waals surface area contributed by atoms with Gasteiger partial charge in [0.2, 0.25) is 0 Å². The molecule has 10 heteroatoms.